The molecule has 0 saturated carbocycles. The normalized spacial score (nSPS) is 19.4. The van der Waals surface area contributed by atoms with Crippen LogP contribution in [0.25, 0.3) is 0 Å². The highest BCUT2D eigenvalue weighted by Gasteiger charge is 2.49. The molecule has 2 aromatic rings. The standard InChI is InChI=1S/C20H21N3O4/c1-4-27-17-8-6-5-7-14(17)13-21-23-18(24)20(2,22-19(23)25)15-9-11-16(26-3)12-10-15/h5-13H,4H2,1-3H3,(H,22,25)/b21-13-/t20-/m1/s1. The van der Waals surface area contributed by atoms with Gasteiger partial charge in [0, 0.05) is 5.56 Å². The van der Waals surface area contributed by atoms with Crippen LogP contribution in [0, 0.1) is 0 Å². The number of ether oxygens (including phenoxy) is 2. The summed E-state index contributed by atoms with van der Waals surface area (Å²) < 4.78 is 10.7. The van der Waals surface area contributed by atoms with E-state index in [0.717, 1.165) is 5.01 Å². The van der Waals surface area contributed by atoms with Crippen LogP contribution < -0.4 is 14.8 Å². The number of amides is 3. The third-order valence-electron chi connectivity index (χ3n) is 4.37. The number of para-hydroxylation sites is 1. The molecule has 3 rings (SSSR count). The van der Waals surface area contributed by atoms with Gasteiger partial charge in [-0.25, -0.2) is 4.79 Å². The number of hydrazone groups is 1. The topological polar surface area (TPSA) is 80.2 Å². The summed E-state index contributed by atoms with van der Waals surface area (Å²) in [5, 5.41) is 7.65. The Morgan fingerprint density at radius 2 is 1.85 bits per heavy atom. The summed E-state index contributed by atoms with van der Waals surface area (Å²) in [6.07, 6.45) is 1.45. The molecule has 27 heavy (non-hydrogen) atoms. The summed E-state index contributed by atoms with van der Waals surface area (Å²) >= 11 is 0. The van der Waals surface area contributed by atoms with Crippen molar-refractivity contribution >= 4 is 18.2 Å². The smallest absolute Gasteiger partial charge is 0.346 e. The van der Waals surface area contributed by atoms with Gasteiger partial charge in [-0.2, -0.15) is 5.10 Å². The van der Waals surface area contributed by atoms with Crippen LogP contribution in [0.2, 0.25) is 0 Å². The van der Waals surface area contributed by atoms with E-state index in [1.807, 2.05) is 19.1 Å². The maximum atomic E-state index is 12.9. The monoisotopic (exact) mass is 367 g/mol. The van der Waals surface area contributed by atoms with Crippen LogP contribution in [0.1, 0.15) is 25.0 Å². The van der Waals surface area contributed by atoms with E-state index in [1.54, 1.807) is 50.4 Å². The van der Waals surface area contributed by atoms with E-state index in [9.17, 15) is 9.59 Å². The zero-order valence-corrected chi connectivity index (χ0v) is 15.4. The Hall–Kier alpha value is -3.35. The largest absolute Gasteiger partial charge is 0.497 e. The van der Waals surface area contributed by atoms with Gasteiger partial charge in [0.05, 0.1) is 19.9 Å². The summed E-state index contributed by atoms with van der Waals surface area (Å²) in [6, 6.07) is 13.7. The summed E-state index contributed by atoms with van der Waals surface area (Å²) in [5.74, 6) is 0.845. The lowest BCUT2D eigenvalue weighted by molar-refractivity contribution is -0.131. The van der Waals surface area contributed by atoms with E-state index in [4.69, 9.17) is 9.47 Å². The van der Waals surface area contributed by atoms with Crippen molar-refractivity contribution in [1.82, 2.24) is 10.3 Å². The minimum Gasteiger partial charge on any atom is -0.497 e. The number of benzene rings is 2. The summed E-state index contributed by atoms with van der Waals surface area (Å²) in [4.78, 5) is 25.2. The lowest BCUT2D eigenvalue weighted by atomic mass is 9.92. The molecule has 1 aliphatic rings. The van der Waals surface area contributed by atoms with Gasteiger partial charge in [0.15, 0.2) is 0 Å². The first-order valence-corrected chi connectivity index (χ1v) is 8.56. The minimum absolute atomic E-state index is 0.456. The number of carbonyl (C=O) groups excluding carboxylic acids is 2. The third-order valence-corrected chi connectivity index (χ3v) is 4.37. The fraction of sp³-hybridized carbons (Fsp3) is 0.250. The van der Waals surface area contributed by atoms with E-state index in [0.29, 0.717) is 29.2 Å². The van der Waals surface area contributed by atoms with Crippen molar-refractivity contribution in [2.45, 2.75) is 19.4 Å². The molecule has 3 amide bonds. The molecule has 1 heterocycles. The summed E-state index contributed by atoms with van der Waals surface area (Å²) in [5.41, 5.74) is 0.132. The molecule has 1 N–H and O–H groups in total. The van der Waals surface area contributed by atoms with Crippen molar-refractivity contribution in [3.8, 4) is 11.5 Å². The Morgan fingerprint density at radius 1 is 1.15 bits per heavy atom. The van der Waals surface area contributed by atoms with Crippen molar-refractivity contribution in [3.63, 3.8) is 0 Å². The molecule has 2 aromatic carbocycles. The van der Waals surface area contributed by atoms with Gasteiger partial charge in [-0.3, -0.25) is 4.79 Å². The van der Waals surface area contributed by atoms with Crippen LogP contribution >= 0.6 is 0 Å². The second-order valence-electron chi connectivity index (χ2n) is 6.12. The molecule has 1 fully saturated rings. The predicted octanol–water partition coefficient (Wildman–Crippen LogP) is 2.90. The first-order valence-electron chi connectivity index (χ1n) is 8.56. The molecule has 0 bridgehead atoms. The quantitative estimate of drug-likeness (QED) is 0.629. The van der Waals surface area contributed by atoms with Gasteiger partial charge in [0.25, 0.3) is 5.91 Å². The molecule has 7 heteroatoms. The SMILES string of the molecule is CCOc1ccccc1/C=N\N1C(=O)N[C@](C)(c2ccc(OC)cc2)C1=O. The Balaban J connectivity index is 1.86. The zero-order valence-electron chi connectivity index (χ0n) is 15.4. The van der Waals surface area contributed by atoms with Crippen molar-refractivity contribution in [1.29, 1.82) is 0 Å². The van der Waals surface area contributed by atoms with Crippen LogP contribution in [0.15, 0.2) is 53.6 Å². The van der Waals surface area contributed by atoms with Crippen LogP contribution in [0.5, 0.6) is 11.5 Å². The van der Waals surface area contributed by atoms with Crippen molar-refractivity contribution in [2.24, 2.45) is 5.10 Å². The van der Waals surface area contributed by atoms with Crippen LogP contribution in [-0.4, -0.2) is 36.9 Å². The van der Waals surface area contributed by atoms with Gasteiger partial charge >= 0.3 is 6.03 Å². The van der Waals surface area contributed by atoms with Gasteiger partial charge in [-0.05, 0) is 43.7 Å². The Kier molecular flexibility index (Phi) is 5.12. The van der Waals surface area contributed by atoms with E-state index >= 15 is 0 Å². The van der Waals surface area contributed by atoms with E-state index in [2.05, 4.69) is 10.4 Å². The van der Waals surface area contributed by atoms with Crippen LogP contribution in [0.3, 0.4) is 0 Å². The average Bonchev–Trinajstić information content (AvgIpc) is 2.91. The number of nitrogens with zero attached hydrogens (tertiary/aromatic N) is 2. The molecule has 1 aliphatic heterocycles. The van der Waals surface area contributed by atoms with Crippen molar-refractivity contribution in [2.75, 3.05) is 13.7 Å². The molecule has 0 radical (unpaired) electrons. The highest BCUT2D eigenvalue weighted by molar-refractivity contribution is 6.07. The Bertz CT molecular complexity index is 879. The second kappa shape index (κ2) is 7.49. The highest BCUT2D eigenvalue weighted by atomic mass is 16.5. The molecular weight excluding hydrogens is 346 g/mol. The maximum absolute atomic E-state index is 12.9. The molecule has 1 saturated heterocycles. The molecule has 7 nitrogen and oxygen atoms in total. The highest BCUT2D eigenvalue weighted by Crippen LogP contribution is 2.30. The predicted molar refractivity (Wildman–Crippen MR) is 101 cm³/mol. The molecular formula is C20H21N3O4. The van der Waals surface area contributed by atoms with E-state index < -0.39 is 17.5 Å². The lowest BCUT2D eigenvalue weighted by Crippen LogP contribution is -2.40. The second-order valence-corrected chi connectivity index (χ2v) is 6.12. The molecule has 0 unspecified atom stereocenters. The number of hydrogen-bond donors (Lipinski definition) is 1. The first kappa shape index (κ1) is 18.4. The van der Waals surface area contributed by atoms with Gasteiger partial charge in [0.2, 0.25) is 0 Å². The molecule has 140 valence electrons. The fourth-order valence-electron chi connectivity index (χ4n) is 2.84. The van der Waals surface area contributed by atoms with Gasteiger partial charge < -0.3 is 14.8 Å². The van der Waals surface area contributed by atoms with Crippen molar-refractivity contribution in [3.05, 3.63) is 59.7 Å². The fourth-order valence-corrected chi connectivity index (χ4v) is 2.84. The number of imide groups is 1. The number of methoxy groups -OCH3 is 1. The molecule has 0 aliphatic carbocycles. The number of urea groups is 1. The van der Waals surface area contributed by atoms with Gasteiger partial charge in [-0.15, -0.1) is 5.01 Å². The molecule has 1 atom stereocenters. The van der Waals surface area contributed by atoms with Crippen LogP contribution in [-0.2, 0) is 10.3 Å². The Labute approximate surface area is 157 Å². The third kappa shape index (κ3) is 3.48. The Morgan fingerprint density at radius 3 is 2.52 bits per heavy atom. The summed E-state index contributed by atoms with van der Waals surface area (Å²) in [6.45, 7) is 4.04. The summed E-state index contributed by atoms with van der Waals surface area (Å²) in [7, 11) is 1.57. The zero-order chi connectivity index (χ0) is 19.4. The number of carbonyl (C=O) groups is 2. The molecule has 0 aromatic heterocycles. The number of nitrogens with one attached hydrogen (secondary N) is 1. The van der Waals surface area contributed by atoms with Crippen molar-refractivity contribution < 1.29 is 19.1 Å². The van der Waals surface area contributed by atoms with Gasteiger partial charge in [-0.1, -0.05) is 24.3 Å². The maximum Gasteiger partial charge on any atom is 0.346 e. The molecule has 0 spiro atoms. The lowest BCUT2D eigenvalue weighted by Gasteiger charge is -2.21. The average molecular weight is 367 g/mol. The minimum atomic E-state index is -1.19. The van der Waals surface area contributed by atoms with Gasteiger partial charge in [0.1, 0.15) is 17.0 Å². The first-order chi connectivity index (χ1) is 13.0. The van der Waals surface area contributed by atoms with E-state index in [-0.39, 0.29) is 0 Å². The number of rotatable bonds is 6. The van der Waals surface area contributed by atoms with Crippen LogP contribution in [0.4, 0.5) is 4.79 Å². The van der Waals surface area contributed by atoms with E-state index in [1.165, 1.54) is 6.21 Å². The number of hydrogen-bond acceptors (Lipinski definition) is 5.